The SMILES string of the molecule is C#CCCOc1ccc(Cl)cc1CNC(C)(C)C. The number of ether oxygens (including phenoxy) is 1. The monoisotopic (exact) mass is 265 g/mol. The van der Waals surface area contributed by atoms with Crippen molar-refractivity contribution >= 4 is 11.6 Å². The van der Waals surface area contributed by atoms with Crippen LogP contribution in [0, 0.1) is 12.3 Å². The first-order chi connectivity index (χ1) is 8.42. The summed E-state index contributed by atoms with van der Waals surface area (Å²) in [6.45, 7) is 7.61. The van der Waals surface area contributed by atoms with Crippen LogP contribution in [0.15, 0.2) is 18.2 Å². The van der Waals surface area contributed by atoms with Gasteiger partial charge in [0.05, 0.1) is 6.61 Å². The molecule has 0 amide bonds. The van der Waals surface area contributed by atoms with Gasteiger partial charge in [-0.3, -0.25) is 0 Å². The molecule has 0 aromatic heterocycles. The minimum absolute atomic E-state index is 0.0540. The van der Waals surface area contributed by atoms with Crippen LogP contribution in [0.2, 0.25) is 5.02 Å². The van der Waals surface area contributed by atoms with Gasteiger partial charge in [0.15, 0.2) is 0 Å². The summed E-state index contributed by atoms with van der Waals surface area (Å²) in [6.07, 6.45) is 5.81. The fraction of sp³-hybridized carbons (Fsp3) is 0.467. The largest absolute Gasteiger partial charge is 0.492 e. The summed E-state index contributed by atoms with van der Waals surface area (Å²) in [5, 5.41) is 4.13. The first-order valence-electron chi connectivity index (χ1n) is 6.02. The molecule has 0 aliphatic rings. The molecule has 1 aromatic rings. The van der Waals surface area contributed by atoms with E-state index in [1.54, 1.807) is 0 Å². The van der Waals surface area contributed by atoms with Crippen LogP contribution in [0.5, 0.6) is 5.75 Å². The molecule has 98 valence electrons. The minimum atomic E-state index is 0.0540. The lowest BCUT2D eigenvalue weighted by Crippen LogP contribution is -2.35. The number of rotatable bonds is 5. The Balaban J connectivity index is 2.74. The Kier molecular flexibility index (Phi) is 5.53. The maximum atomic E-state index is 6.01. The van der Waals surface area contributed by atoms with E-state index in [9.17, 15) is 0 Å². The Morgan fingerprint density at radius 2 is 2.11 bits per heavy atom. The van der Waals surface area contributed by atoms with Crippen LogP contribution >= 0.6 is 11.6 Å². The van der Waals surface area contributed by atoms with Crippen LogP contribution in [0.3, 0.4) is 0 Å². The lowest BCUT2D eigenvalue weighted by Gasteiger charge is -2.21. The van der Waals surface area contributed by atoms with Crippen LogP contribution in [0.1, 0.15) is 32.8 Å². The molecule has 1 rings (SSSR count). The van der Waals surface area contributed by atoms with Crippen molar-refractivity contribution in [3.05, 3.63) is 28.8 Å². The maximum Gasteiger partial charge on any atom is 0.123 e. The number of nitrogens with one attached hydrogen (secondary N) is 1. The molecule has 0 aliphatic carbocycles. The van der Waals surface area contributed by atoms with Crippen molar-refractivity contribution in [2.24, 2.45) is 0 Å². The molecule has 0 bridgehead atoms. The van der Waals surface area contributed by atoms with Gasteiger partial charge in [-0.1, -0.05) is 11.6 Å². The summed E-state index contributed by atoms with van der Waals surface area (Å²) in [6, 6.07) is 5.64. The highest BCUT2D eigenvalue weighted by atomic mass is 35.5. The van der Waals surface area contributed by atoms with Gasteiger partial charge in [-0.25, -0.2) is 0 Å². The standard InChI is InChI=1S/C15H20ClNO/c1-5-6-9-18-14-8-7-13(16)10-12(14)11-17-15(2,3)4/h1,7-8,10,17H,6,9,11H2,2-4H3. The molecule has 0 fully saturated rings. The van der Waals surface area contributed by atoms with Crippen molar-refractivity contribution in [1.29, 1.82) is 0 Å². The van der Waals surface area contributed by atoms with Crippen LogP contribution in [0.4, 0.5) is 0 Å². The van der Waals surface area contributed by atoms with E-state index in [1.165, 1.54) is 0 Å². The van der Waals surface area contributed by atoms with Gasteiger partial charge in [0.1, 0.15) is 5.75 Å². The minimum Gasteiger partial charge on any atom is -0.492 e. The van der Waals surface area contributed by atoms with E-state index in [0.29, 0.717) is 18.1 Å². The number of benzene rings is 1. The third-order valence-corrected chi connectivity index (χ3v) is 2.57. The van der Waals surface area contributed by atoms with E-state index in [-0.39, 0.29) is 5.54 Å². The molecule has 1 N–H and O–H groups in total. The van der Waals surface area contributed by atoms with E-state index in [2.05, 4.69) is 32.0 Å². The summed E-state index contributed by atoms with van der Waals surface area (Å²) in [4.78, 5) is 0. The number of halogens is 1. The second-order valence-electron chi connectivity index (χ2n) is 5.16. The highest BCUT2D eigenvalue weighted by molar-refractivity contribution is 6.30. The highest BCUT2D eigenvalue weighted by Crippen LogP contribution is 2.23. The fourth-order valence-electron chi connectivity index (χ4n) is 1.41. The lowest BCUT2D eigenvalue weighted by atomic mass is 10.1. The first-order valence-corrected chi connectivity index (χ1v) is 6.40. The Hall–Kier alpha value is -1.17. The molecule has 0 heterocycles. The molecule has 1 aromatic carbocycles. The van der Waals surface area contributed by atoms with Crippen LogP contribution in [0.25, 0.3) is 0 Å². The van der Waals surface area contributed by atoms with Crippen molar-refractivity contribution < 1.29 is 4.74 Å². The summed E-state index contributed by atoms with van der Waals surface area (Å²) in [5.41, 5.74) is 1.10. The normalized spacial score (nSPS) is 11.1. The quantitative estimate of drug-likeness (QED) is 0.648. The van der Waals surface area contributed by atoms with Gasteiger partial charge < -0.3 is 10.1 Å². The van der Waals surface area contributed by atoms with Gasteiger partial charge in [-0.2, -0.15) is 0 Å². The third kappa shape index (κ3) is 5.44. The fourth-order valence-corrected chi connectivity index (χ4v) is 1.60. The molecule has 18 heavy (non-hydrogen) atoms. The van der Waals surface area contributed by atoms with Crippen LogP contribution < -0.4 is 10.1 Å². The van der Waals surface area contributed by atoms with Crippen molar-refractivity contribution in [3.8, 4) is 18.1 Å². The second kappa shape index (κ2) is 6.68. The topological polar surface area (TPSA) is 21.3 Å². The number of hydrogen-bond acceptors (Lipinski definition) is 2. The zero-order valence-electron chi connectivity index (χ0n) is 11.2. The predicted octanol–water partition coefficient (Wildman–Crippen LogP) is 3.63. The number of terminal acetylenes is 1. The van der Waals surface area contributed by atoms with Gasteiger partial charge in [-0.15, -0.1) is 12.3 Å². The molecule has 0 radical (unpaired) electrons. The summed E-state index contributed by atoms with van der Waals surface area (Å²) >= 11 is 6.01. The first kappa shape index (κ1) is 14.9. The van der Waals surface area contributed by atoms with Crippen LogP contribution in [-0.4, -0.2) is 12.1 Å². The molecule has 0 atom stereocenters. The van der Waals surface area contributed by atoms with Crippen molar-refractivity contribution in [2.45, 2.75) is 39.3 Å². The average Bonchev–Trinajstić information content (AvgIpc) is 2.28. The second-order valence-corrected chi connectivity index (χ2v) is 5.59. The highest BCUT2D eigenvalue weighted by Gasteiger charge is 2.11. The third-order valence-electron chi connectivity index (χ3n) is 2.34. The zero-order valence-corrected chi connectivity index (χ0v) is 12.0. The molecule has 0 unspecified atom stereocenters. The molecule has 2 nitrogen and oxygen atoms in total. The van der Waals surface area contributed by atoms with E-state index in [0.717, 1.165) is 17.9 Å². The van der Waals surface area contributed by atoms with Gasteiger partial charge in [0.2, 0.25) is 0 Å². The van der Waals surface area contributed by atoms with Gasteiger partial charge >= 0.3 is 0 Å². The molecule has 0 spiro atoms. The molecule has 0 saturated carbocycles. The molecule has 3 heteroatoms. The summed E-state index contributed by atoms with van der Waals surface area (Å²) < 4.78 is 5.66. The van der Waals surface area contributed by atoms with Crippen molar-refractivity contribution in [2.75, 3.05) is 6.61 Å². The Morgan fingerprint density at radius 3 is 2.72 bits per heavy atom. The van der Waals surface area contributed by atoms with E-state index in [1.807, 2.05) is 18.2 Å². The lowest BCUT2D eigenvalue weighted by molar-refractivity contribution is 0.320. The zero-order chi connectivity index (χ0) is 13.6. The van der Waals surface area contributed by atoms with Crippen LogP contribution in [-0.2, 0) is 6.54 Å². The van der Waals surface area contributed by atoms with Crippen molar-refractivity contribution in [1.82, 2.24) is 5.32 Å². The molecular formula is C15H20ClNO. The molecule has 0 aliphatic heterocycles. The number of hydrogen-bond donors (Lipinski definition) is 1. The van der Waals surface area contributed by atoms with Gasteiger partial charge in [0.25, 0.3) is 0 Å². The summed E-state index contributed by atoms with van der Waals surface area (Å²) in [5.74, 6) is 3.40. The molecular weight excluding hydrogens is 246 g/mol. The average molecular weight is 266 g/mol. The summed E-state index contributed by atoms with van der Waals surface area (Å²) in [7, 11) is 0. The van der Waals surface area contributed by atoms with Crippen molar-refractivity contribution in [3.63, 3.8) is 0 Å². The predicted molar refractivity (Wildman–Crippen MR) is 77.0 cm³/mol. The Bertz CT molecular complexity index is 429. The molecule has 0 saturated heterocycles. The van der Waals surface area contributed by atoms with E-state index < -0.39 is 0 Å². The smallest absolute Gasteiger partial charge is 0.123 e. The van der Waals surface area contributed by atoms with Gasteiger partial charge in [0, 0.05) is 29.1 Å². The maximum absolute atomic E-state index is 6.01. The Morgan fingerprint density at radius 1 is 1.39 bits per heavy atom. The van der Waals surface area contributed by atoms with Gasteiger partial charge in [-0.05, 0) is 39.0 Å². The van der Waals surface area contributed by atoms with E-state index >= 15 is 0 Å². The Labute approximate surface area is 115 Å². The van der Waals surface area contributed by atoms with E-state index in [4.69, 9.17) is 22.8 Å².